The Balaban J connectivity index is 1.52. The highest BCUT2D eigenvalue weighted by molar-refractivity contribution is 7.99. The van der Waals surface area contributed by atoms with Gasteiger partial charge in [0.2, 0.25) is 5.91 Å². The highest BCUT2D eigenvalue weighted by Crippen LogP contribution is 2.34. The van der Waals surface area contributed by atoms with Crippen LogP contribution in [-0.4, -0.2) is 63.9 Å². The van der Waals surface area contributed by atoms with E-state index in [2.05, 4.69) is 11.4 Å². The highest BCUT2D eigenvalue weighted by atomic mass is 32.2. The average Bonchev–Trinajstić information content (AvgIpc) is 3.00. The molecule has 1 amide bonds. The quantitative estimate of drug-likeness (QED) is 0.419. The van der Waals surface area contributed by atoms with Gasteiger partial charge < -0.3 is 15.1 Å². The summed E-state index contributed by atoms with van der Waals surface area (Å²) in [5, 5.41) is 24.3. The van der Waals surface area contributed by atoms with Crippen LogP contribution in [0.4, 0.5) is 0 Å². The number of nitrogens with zero attached hydrogens (tertiary/aromatic N) is 1. The first-order valence-corrected chi connectivity index (χ1v) is 12.6. The third-order valence-corrected chi connectivity index (χ3v) is 7.55. The molecule has 3 atom stereocenters. The lowest BCUT2D eigenvalue weighted by Crippen LogP contribution is -2.53. The fourth-order valence-electron chi connectivity index (χ4n) is 4.36. The number of aliphatic carboxylic acids is 2. The van der Waals surface area contributed by atoms with Gasteiger partial charge in [0.05, 0.1) is 6.04 Å². The molecule has 0 aliphatic carbocycles. The van der Waals surface area contributed by atoms with Crippen molar-refractivity contribution in [2.75, 3.05) is 18.8 Å². The molecule has 1 fully saturated rings. The van der Waals surface area contributed by atoms with Crippen molar-refractivity contribution in [3.8, 4) is 0 Å². The summed E-state index contributed by atoms with van der Waals surface area (Å²) in [6, 6.07) is 22.0. The van der Waals surface area contributed by atoms with E-state index in [1.807, 2.05) is 66.7 Å². The second kappa shape index (κ2) is 11.4. The van der Waals surface area contributed by atoms with E-state index in [0.717, 1.165) is 21.9 Å². The summed E-state index contributed by atoms with van der Waals surface area (Å²) in [5.74, 6) is -2.16. The van der Waals surface area contributed by atoms with E-state index in [0.29, 0.717) is 18.6 Å². The Hall–Kier alpha value is -3.36. The van der Waals surface area contributed by atoms with Crippen LogP contribution in [0.15, 0.2) is 72.8 Å². The Morgan fingerprint density at radius 3 is 2.43 bits per heavy atom. The smallest absolute Gasteiger partial charge is 0.323 e. The molecule has 35 heavy (non-hydrogen) atoms. The van der Waals surface area contributed by atoms with Gasteiger partial charge in [0, 0.05) is 17.5 Å². The van der Waals surface area contributed by atoms with Crippen molar-refractivity contribution in [2.24, 2.45) is 0 Å². The predicted octanol–water partition coefficient (Wildman–Crippen LogP) is 3.59. The van der Waals surface area contributed by atoms with Gasteiger partial charge in [-0.1, -0.05) is 66.7 Å². The van der Waals surface area contributed by atoms with Crippen LogP contribution < -0.4 is 5.32 Å². The van der Waals surface area contributed by atoms with Gasteiger partial charge in [-0.05, 0) is 40.8 Å². The SMILES string of the molecule is O=C(O)CN1CC(c2ccc3ccccc3c2)SCC(NC(CCc2ccccc2)C(=O)O)C1=O. The second-order valence-corrected chi connectivity index (χ2v) is 9.91. The van der Waals surface area contributed by atoms with Crippen molar-refractivity contribution in [2.45, 2.75) is 30.2 Å². The lowest BCUT2D eigenvalue weighted by Gasteiger charge is -2.26. The highest BCUT2D eigenvalue weighted by Gasteiger charge is 2.35. The largest absolute Gasteiger partial charge is 0.480 e. The van der Waals surface area contributed by atoms with Crippen LogP contribution in [0.2, 0.25) is 0 Å². The number of amides is 1. The molecule has 8 heteroatoms. The Morgan fingerprint density at radius 2 is 1.71 bits per heavy atom. The Morgan fingerprint density at radius 1 is 1.00 bits per heavy atom. The van der Waals surface area contributed by atoms with Gasteiger partial charge in [0.25, 0.3) is 0 Å². The zero-order chi connectivity index (χ0) is 24.8. The number of thioether (sulfide) groups is 1. The summed E-state index contributed by atoms with van der Waals surface area (Å²) < 4.78 is 0. The van der Waals surface area contributed by atoms with Gasteiger partial charge in [-0.25, -0.2) is 0 Å². The third-order valence-electron chi connectivity index (χ3n) is 6.20. The van der Waals surface area contributed by atoms with E-state index in [1.54, 1.807) is 11.8 Å². The zero-order valence-corrected chi connectivity index (χ0v) is 20.0. The molecule has 4 rings (SSSR count). The van der Waals surface area contributed by atoms with Gasteiger partial charge in [-0.2, -0.15) is 0 Å². The molecule has 1 saturated heterocycles. The predicted molar refractivity (Wildman–Crippen MR) is 136 cm³/mol. The van der Waals surface area contributed by atoms with E-state index in [9.17, 15) is 24.6 Å². The summed E-state index contributed by atoms with van der Waals surface area (Å²) in [6.07, 6.45) is 0.873. The van der Waals surface area contributed by atoms with Crippen molar-refractivity contribution in [1.29, 1.82) is 0 Å². The molecule has 1 heterocycles. The van der Waals surface area contributed by atoms with Crippen LogP contribution in [0.3, 0.4) is 0 Å². The van der Waals surface area contributed by atoms with Gasteiger partial charge in [-0.3, -0.25) is 19.7 Å². The molecule has 3 N–H and O–H groups in total. The monoisotopic (exact) mass is 492 g/mol. The van der Waals surface area contributed by atoms with Crippen LogP contribution in [-0.2, 0) is 20.8 Å². The number of hydrogen-bond acceptors (Lipinski definition) is 5. The lowest BCUT2D eigenvalue weighted by atomic mass is 10.0. The van der Waals surface area contributed by atoms with E-state index in [-0.39, 0.29) is 17.7 Å². The lowest BCUT2D eigenvalue weighted by molar-refractivity contribution is -0.146. The number of hydrogen-bond donors (Lipinski definition) is 3. The van der Waals surface area contributed by atoms with Crippen LogP contribution in [0, 0.1) is 0 Å². The number of carbonyl (C=O) groups is 3. The van der Waals surface area contributed by atoms with Crippen LogP contribution in [0.1, 0.15) is 22.8 Å². The summed E-state index contributed by atoms with van der Waals surface area (Å²) >= 11 is 1.55. The maximum atomic E-state index is 13.3. The number of rotatable bonds is 9. The van der Waals surface area contributed by atoms with Crippen LogP contribution >= 0.6 is 11.8 Å². The molecule has 3 aromatic rings. The Labute approximate surface area is 208 Å². The van der Waals surface area contributed by atoms with Crippen LogP contribution in [0.5, 0.6) is 0 Å². The van der Waals surface area contributed by atoms with Gasteiger partial charge in [-0.15, -0.1) is 11.8 Å². The van der Waals surface area contributed by atoms with Crippen molar-refractivity contribution in [3.05, 3.63) is 83.9 Å². The summed E-state index contributed by atoms with van der Waals surface area (Å²) in [7, 11) is 0. The molecule has 0 radical (unpaired) electrons. The number of benzene rings is 3. The molecule has 0 aromatic heterocycles. The molecular formula is C27H28N2O5S. The summed E-state index contributed by atoms with van der Waals surface area (Å²) in [4.78, 5) is 38.1. The third kappa shape index (κ3) is 6.41. The molecule has 3 aromatic carbocycles. The fourth-order valence-corrected chi connectivity index (χ4v) is 5.65. The molecule has 0 bridgehead atoms. The number of fused-ring (bicyclic) bond motifs is 1. The number of aryl methyl sites for hydroxylation is 1. The molecule has 7 nitrogen and oxygen atoms in total. The van der Waals surface area contributed by atoms with Gasteiger partial charge >= 0.3 is 11.9 Å². The minimum atomic E-state index is -1.10. The van der Waals surface area contributed by atoms with E-state index >= 15 is 0 Å². The molecule has 3 unspecified atom stereocenters. The molecule has 1 aliphatic heterocycles. The topological polar surface area (TPSA) is 107 Å². The Kier molecular flexibility index (Phi) is 8.05. The van der Waals surface area contributed by atoms with Crippen molar-refractivity contribution >= 4 is 40.4 Å². The minimum Gasteiger partial charge on any atom is -0.480 e. The molecule has 0 spiro atoms. The van der Waals surface area contributed by atoms with Crippen molar-refractivity contribution in [3.63, 3.8) is 0 Å². The maximum absolute atomic E-state index is 13.3. The normalized spacial score (nSPS) is 19.3. The molecular weight excluding hydrogens is 464 g/mol. The van der Waals surface area contributed by atoms with E-state index in [1.165, 1.54) is 4.90 Å². The summed E-state index contributed by atoms with van der Waals surface area (Å²) in [6.45, 7) is -0.183. The molecule has 182 valence electrons. The zero-order valence-electron chi connectivity index (χ0n) is 19.2. The first-order chi connectivity index (χ1) is 16.9. The number of carbonyl (C=O) groups excluding carboxylic acids is 1. The number of carboxylic acids is 2. The minimum absolute atomic E-state index is 0.123. The first kappa shape index (κ1) is 24.8. The average molecular weight is 493 g/mol. The van der Waals surface area contributed by atoms with Crippen LogP contribution in [0.25, 0.3) is 10.8 Å². The van der Waals surface area contributed by atoms with Crippen molar-refractivity contribution < 1.29 is 24.6 Å². The van der Waals surface area contributed by atoms with Crippen molar-refractivity contribution in [1.82, 2.24) is 10.2 Å². The number of nitrogens with one attached hydrogen (secondary N) is 1. The molecule has 0 saturated carbocycles. The summed E-state index contributed by atoms with van der Waals surface area (Å²) in [5.41, 5.74) is 2.03. The molecule has 1 aliphatic rings. The standard InChI is InChI=1S/C27H28N2O5S/c30-25(31)16-29-15-24(21-12-11-19-8-4-5-9-20(19)14-21)35-17-23(26(29)32)28-22(27(33)34)13-10-18-6-2-1-3-7-18/h1-9,11-12,14,22-24,28H,10,13,15-17H2,(H,30,31)(H,33,34). The van der Waals surface area contributed by atoms with Gasteiger partial charge in [0.15, 0.2) is 0 Å². The number of carboxylic acid groups (broad SMARTS) is 2. The van der Waals surface area contributed by atoms with E-state index < -0.39 is 30.6 Å². The first-order valence-electron chi connectivity index (χ1n) is 11.5. The Bertz CT molecular complexity index is 1200. The van der Waals surface area contributed by atoms with E-state index in [4.69, 9.17) is 0 Å². The second-order valence-electron chi connectivity index (χ2n) is 8.68. The maximum Gasteiger partial charge on any atom is 0.323 e. The van der Waals surface area contributed by atoms with Gasteiger partial charge in [0.1, 0.15) is 12.6 Å². The fraction of sp³-hybridized carbons (Fsp3) is 0.296.